The number of ether oxygens (including phenoxy) is 1. The van der Waals surface area contributed by atoms with E-state index in [1.165, 1.54) is 0 Å². The molecule has 4 rings (SSSR count). The number of hydrogen-bond acceptors (Lipinski definition) is 5. The van der Waals surface area contributed by atoms with Crippen molar-refractivity contribution in [3.8, 4) is 5.75 Å². The number of piperidine rings is 1. The Bertz CT molecular complexity index is 881. The van der Waals surface area contributed by atoms with Gasteiger partial charge in [0.05, 0.1) is 17.7 Å². The summed E-state index contributed by atoms with van der Waals surface area (Å²) in [4.78, 5) is 30.8. The van der Waals surface area contributed by atoms with Crippen LogP contribution in [0.25, 0.3) is 0 Å². The lowest BCUT2D eigenvalue weighted by Crippen LogP contribution is -2.53. The van der Waals surface area contributed by atoms with Crippen molar-refractivity contribution in [2.45, 2.75) is 22.6 Å². The van der Waals surface area contributed by atoms with Crippen molar-refractivity contribution in [1.29, 1.82) is 0 Å². The Labute approximate surface area is 186 Å². The normalized spacial score (nSPS) is 17.9. The third-order valence-corrected chi connectivity index (χ3v) is 8.31. The number of nitrogens with zero attached hydrogens (tertiary/aromatic N) is 2. The van der Waals surface area contributed by atoms with Gasteiger partial charge in [-0.2, -0.15) is 0 Å². The molecule has 2 saturated heterocycles. The van der Waals surface area contributed by atoms with E-state index in [4.69, 9.17) is 4.74 Å². The molecular weight excluding hydrogens is 416 g/mol. The summed E-state index contributed by atoms with van der Waals surface area (Å²) in [5.41, 5.74) is 0.690. The minimum Gasteiger partial charge on any atom is -0.497 e. The van der Waals surface area contributed by atoms with E-state index >= 15 is 0 Å². The Morgan fingerprint density at radius 2 is 1.73 bits per heavy atom. The average molecular weight is 443 g/mol. The van der Waals surface area contributed by atoms with Crippen LogP contribution in [0.3, 0.4) is 0 Å². The zero-order chi connectivity index (χ0) is 21.0. The van der Waals surface area contributed by atoms with Crippen LogP contribution in [0, 0.1) is 0 Å². The van der Waals surface area contributed by atoms with Gasteiger partial charge in [0, 0.05) is 35.8 Å². The summed E-state index contributed by atoms with van der Waals surface area (Å²) >= 11 is 3.45. The highest BCUT2D eigenvalue weighted by atomic mass is 32.2. The Morgan fingerprint density at radius 3 is 2.40 bits per heavy atom. The first-order valence-corrected chi connectivity index (χ1v) is 12.1. The number of methoxy groups -OCH3 is 1. The van der Waals surface area contributed by atoms with Gasteiger partial charge in [-0.25, -0.2) is 0 Å². The highest BCUT2D eigenvalue weighted by Crippen LogP contribution is 2.44. The average Bonchev–Trinajstić information content (AvgIpc) is 3.21. The van der Waals surface area contributed by atoms with Crippen molar-refractivity contribution in [3.05, 3.63) is 60.2 Å². The fourth-order valence-corrected chi connectivity index (χ4v) is 6.33. The van der Waals surface area contributed by atoms with Crippen molar-refractivity contribution in [3.63, 3.8) is 0 Å². The van der Waals surface area contributed by atoms with Gasteiger partial charge >= 0.3 is 0 Å². The van der Waals surface area contributed by atoms with Gasteiger partial charge < -0.3 is 14.5 Å². The van der Waals surface area contributed by atoms with Gasteiger partial charge in [0.15, 0.2) is 0 Å². The van der Waals surface area contributed by atoms with Crippen molar-refractivity contribution in [2.24, 2.45) is 0 Å². The molecule has 2 aromatic rings. The third kappa shape index (κ3) is 4.47. The summed E-state index contributed by atoms with van der Waals surface area (Å²) in [6.45, 7) is 2.16. The van der Waals surface area contributed by atoms with E-state index in [0.29, 0.717) is 24.4 Å². The van der Waals surface area contributed by atoms with Gasteiger partial charge in [-0.1, -0.05) is 18.2 Å². The fourth-order valence-electron chi connectivity index (χ4n) is 4.06. The SMILES string of the molecule is COc1ccc(C(=O)N2CCSC23CCN(C(=O)CSc2ccccc2)CC3)cc1. The molecule has 0 unspecified atom stereocenters. The zero-order valence-corrected chi connectivity index (χ0v) is 18.7. The highest BCUT2D eigenvalue weighted by molar-refractivity contribution is 8.01. The number of likely N-dealkylation sites (tertiary alicyclic amines) is 1. The van der Waals surface area contributed by atoms with Crippen LogP contribution in [-0.2, 0) is 4.79 Å². The molecule has 2 heterocycles. The van der Waals surface area contributed by atoms with Gasteiger partial charge in [-0.15, -0.1) is 23.5 Å². The second-order valence-corrected chi connectivity index (χ2v) is 9.97. The van der Waals surface area contributed by atoms with Crippen molar-refractivity contribution < 1.29 is 14.3 Å². The molecular formula is C23H26N2O3S2. The monoisotopic (exact) mass is 442 g/mol. The molecule has 2 aliphatic heterocycles. The summed E-state index contributed by atoms with van der Waals surface area (Å²) in [6.07, 6.45) is 1.64. The van der Waals surface area contributed by atoms with Gasteiger partial charge in [-0.3, -0.25) is 9.59 Å². The van der Waals surface area contributed by atoms with E-state index in [0.717, 1.165) is 35.8 Å². The van der Waals surface area contributed by atoms with Gasteiger partial charge in [-0.05, 0) is 49.2 Å². The Balaban J connectivity index is 1.36. The maximum Gasteiger partial charge on any atom is 0.255 e. The van der Waals surface area contributed by atoms with Gasteiger partial charge in [0.1, 0.15) is 5.75 Å². The van der Waals surface area contributed by atoms with Crippen molar-refractivity contribution in [2.75, 3.05) is 38.2 Å². The molecule has 0 N–H and O–H groups in total. The summed E-state index contributed by atoms with van der Waals surface area (Å²) in [5.74, 6) is 2.40. The molecule has 0 saturated carbocycles. The van der Waals surface area contributed by atoms with E-state index in [9.17, 15) is 9.59 Å². The second-order valence-electron chi connectivity index (χ2n) is 7.46. The van der Waals surface area contributed by atoms with Crippen LogP contribution < -0.4 is 4.74 Å². The molecule has 0 bridgehead atoms. The first-order chi connectivity index (χ1) is 14.6. The molecule has 0 atom stereocenters. The molecule has 2 aromatic carbocycles. The number of carbonyl (C=O) groups is 2. The highest BCUT2D eigenvalue weighted by Gasteiger charge is 2.47. The minimum absolute atomic E-state index is 0.0714. The van der Waals surface area contributed by atoms with Gasteiger partial charge in [0.2, 0.25) is 5.91 Å². The lowest BCUT2D eigenvalue weighted by molar-refractivity contribution is -0.129. The number of hydrogen-bond donors (Lipinski definition) is 0. The minimum atomic E-state index is -0.194. The van der Waals surface area contributed by atoms with E-state index in [2.05, 4.69) is 0 Å². The number of carbonyl (C=O) groups excluding carboxylic acids is 2. The van der Waals surface area contributed by atoms with E-state index < -0.39 is 0 Å². The topological polar surface area (TPSA) is 49.9 Å². The molecule has 5 nitrogen and oxygen atoms in total. The Kier molecular flexibility index (Phi) is 6.58. The molecule has 2 fully saturated rings. The van der Waals surface area contributed by atoms with Crippen LogP contribution in [0.5, 0.6) is 5.75 Å². The number of rotatable bonds is 5. The predicted molar refractivity (Wildman–Crippen MR) is 122 cm³/mol. The van der Waals surface area contributed by atoms with Crippen LogP contribution in [0.4, 0.5) is 0 Å². The van der Waals surface area contributed by atoms with E-state index in [1.54, 1.807) is 18.9 Å². The number of thioether (sulfide) groups is 2. The van der Waals surface area contributed by atoms with Crippen LogP contribution >= 0.6 is 23.5 Å². The smallest absolute Gasteiger partial charge is 0.255 e. The summed E-state index contributed by atoms with van der Waals surface area (Å²) in [5, 5.41) is 0. The number of benzene rings is 2. The molecule has 1 spiro atoms. The van der Waals surface area contributed by atoms with E-state index in [-0.39, 0.29) is 16.7 Å². The van der Waals surface area contributed by atoms with Crippen LogP contribution in [0.2, 0.25) is 0 Å². The summed E-state index contributed by atoms with van der Waals surface area (Å²) in [6, 6.07) is 17.3. The molecule has 30 heavy (non-hydrogen) atoms. The molecule has 0 aromatic heterocycles. The number of amides is 2. The predicted octanol–water partition coefficient (Wildman–Crippen LogP) is 4.00. The Morgan fingerprint density at radius 1 is 1.03 bits per heavy atom. The first kappa shape index (κ1) is 21.1. The van der Waals surface area contributed by atoms with Crippen LogP contribution in [0.1, 0.15) is 23.2 Å². The second kappa shape index (κ2) is 9.35. The third-order valence-electron chi connectivity index (χ3n) is 5.76. The lowest BCUT2D eigenvalue weighted by atomic mass is 10.0. The quantitative estimate of drug-likeness (QED) is 0.655. The van der Waals surface area contributed by atoms with Crippen LogP contribution in [-0.4, -0.2) is 64.7 Å². The van der Waals surface area contributed by atoms with E-state index in [1.807, 2.05) is 76.2 Å². The maximum absolute atomic E-state index is 13.2. The summed E-state index contributed by atoms with van der Waals surface area (Å²) in [7, 11) is 1.62. The van der Waals surface area contributed by atoms with Gasteiger partial charge in [0.25, 0.3) is 5.91 Å². The first-order valence-electron chi connectivity index (χ1n) is 10.2. The fraction of sp³-hybridized carbons (Fsp3) is 0.391. The lowest BCUT2D eigenvalue weighted by Gasteiger charge is -2.44. The molecule has 2 aliphatic rings. The largest absolute Gasteiger partial charge is 0.497 e. The van der Waals surface area contributed by atoms with Crippen molar-refractivity contribution >= 4 is 35.3 Å². The van der Waals surface area contributed by atoms with Crippen molar-refractivity contribution in [1.82, 2.24) is 9.80 Å². The van der Waals surface area contributed by atoms with Crippen LogP contribution in [0.15, 0.2) is 59.5 Å². The standard InChI is InChI=1S/C23H26N2O3S2/c1-28-19-9-7-18(8-10-19)22(27)25-15-16-30-23(25)11-13-24(14-12-23)21(26)17-29-20-5-3-2-4-6-20/h2-10H,11-17H2,1H3. The molecule has 0 aliphatic carbocycles. The zero-order valence-electron chi connectivity index (χ0n) is 17.1. The molecule has 158 valence electrons. The molecule has 0 radical (unpaired) electrons. The Hall–Kier alpha value is -2.12. The summed E-state index contributed by atoms with van der Waals surface area (Å²) < 4.78 is 5.20. The molecule has 7 heteroatoms. The molecule has 2 amide bonds. The maximum atomic E-state index is 13.2.